The van der Waals surface area contributed by atoms with Crippen LogP contribution in [-0.2, 0) is 0 Å². The standard InChI is InChI=1S/C16H26FN/c1-5-6-7-15(18-12-16(2,3)4)13-8-10-14(17)11-9-13/h8-11,15,18H,5-7,12H2,1-4H3. The lowest BCUT2D eigenvalue weighted by molar-refractivity contribution is 0.342. The molecule has 1 unspecified atom stereocenters. The zero-order chi connectivity index (χ0) is 13.6. The molecule has 0 aliphatic heterocycles. The lowest BCUT2D eigenvalue weighted by Crippen LogP contribution is -2.30. The molecule has 1 aromatic rings. The highest BCUT2D eigenvalue weighted by molar-refractivity contribution is 5.19. The van der Waals surface area contributed by atoms with Crippen LogP contribution in [0.2, 0.25) is 0 Å². The van der Waals surface area contributed by atoms with Crippen LogP contribution < -0.4 is 5.32 Å². The second-order valence-electron chi connectivity index (χ2n) is 6.19. The van der Waals surface area contributed by atoms with E-state index in [1.165, 1.54) is 18.4 Å². The first-order chi connectivity index (χ1) is 8.42. The van der Waals surface area contributed by atoms with Crippen LogP contribution in [-0.4, -0.2) is 6.54 Å². The van der Waals surface area contributed by atoms with E-state index in [0.29, 0.717) is 6.04 Å². The van der Waals surface area contributed by atoms with E-state index in [0.717, 1.165) is 13.0 Å². The predicted molar refractivity (Wildman–Crippen MR) is 76.1 cm³/mol. The first kappa shape index (κ1) is 15.2. The van der Waals surface area contributed by atoms with Gasteiger partial charge in [-0.25, -0.2) is 4.39 Å². The van der Waals surface area contributed by atoms with Crippen molar-refractivity contribution in [2.75, 3.05) is 6.54 Å². The summed E-state index contributed by atoms with van der Waals surface area (Å²) in [6.45, 7) is 9.84. The fraction of sp³-hybridized carbons (Fsp3) is 0.625. The van der Waals surface area contributed by atoms with Gasteiger partial charge in [-0.05, 0) is 29.5 Å². The molecule has 1 atom stereocenters. The molecule has 0 spiro atoms. The van der Waals surface area contributed by atoms with Gasteiger partial charge in [0.1, 0.15) is 5.82 Å². The molecule has 18 heavy (non-hydrogen) atoms. The van der Waals surface area contributed by atoms with Crippen LogP contribution in [0, 0.1) is 11.2 Å². The van der Waals surface area contributed by atoms with Crippen molar-refractivity contribution < 1.29 is 4.39 Å². The quantitative estimate of drug-likeness (QED) is 0.773. The van der Waals surface area contributed by atoms with Crippen LogP contribution in [0.15, 0.2) is 24.3 Å². The lowest BCUT2D eigenvalue weighted by atomic mass is 9.94. The average molecular weight is 251 g/mol. The summed E-state index contributed by atoms with van der Waals surface area (Å²) in [4.78, 5) is 0. The molecule has 2 heteroatoms. The second-order valence-corrected chi connectivity index (χ2v) is 6.19. The van der Waals surface area contributed by atoms with Gasteiger partial charge in [0.25, 0.3) is 0 Å². The van der Waals surface area contributed by atoms with Gasteiger partial charge >= 0.3 is 0 Å². The topological polar surface area (TPSA) is 12.0 Å². The van der Waals surface area contributed by atoms with Gasteiger partial charge in [-0.15, -0.1) is 0 Å². The summed E-state index contributed by atoms with van der Waals surface area (Å²) in [5.74, 6) is -0.163. The molecule has 1 N–H and O–H groups in total. The van der Waals surface area contributed by atoms with E-state index in [4.69, 9.17) is 0 Å². The molecule has 0 aliphatic carbocycles. The number of benzene rings is 1. The fourth-order valence-electron chi connectivity index (χ4n) is 1.92. The van der Waals surface area contributed by atoms with Crippen LogP contribution in [0.4, 0.5) is 4.39 Å². The minimum atomic E-state index is -0.163. The van der Waals surface area contributed by atoms with Crippen molar-refractivity contribution in [3.8, 4) is 0 Å². The number of nitrogens with one attached hydrogen (secondary N) is 1. The summed E-state index contributed by atoms with van der Waals surface area (Å²) in [5.41, 5.74) is 1.46. The second kappa shape index (κ2) is 6.89. The third-order valence-electron chi connectivity index (χ3n) is 3.00. The first-order valence-corrected chi connectivity index (χ1v) is 6.91. The zero-order valence-electron chi connectivity index (χ0n) is 12.1. The Labute approximate surface area is 111 Å². The molecule has 1 nitrogen and oxygen atoms in total. The molecule has 0 aliphatic rings. The fourth-order valence-corrected chi connectivity index (χ4v) is 1.92. The Balaban J connectivity index is 2.68. The van der Waals surface area contributed by atoms with E-state index in [9.17, 15) is 4.39 Å². The summed E-state index contributed by atoms with van der Waals surface area (Å²) in [5, 5.41) is 3.61. The normalized spacial score (nSPS) is 13.6. The smallest absolute Gasteiger partial charge is 0.123 e. The third-order valence-corrected chi connectivity index (χ3v) is 3.00. The molecule has 0 bridgehead atoms. The van der Waals surface area contributed by atoms with Crippen molar-refractivity contribution in [1.29, 1.82) is 0 Å². The monoisotopic (exact) mass is 251 g/mol. The lowest BCUT2D eigenvalue weighted by Gasteiger charge is -2.25. The number of rotatable bonds is 6. The van der Waals surface area contributed by atoms with Crippen LogP contribution in [0.25, 0.3) is 0 Å². The maximum Gasteiger partial charge on any atom is 0.123 e. The van der Waals surface area contributed by atoms with Gasteiger partial charge in [-0.1, -0.05) is 52.7 Å². The minimum Gasteiger partial charge on any atom is -0.309 e. The molecule has 0 fully saturated rings. The van der Waals surface area contributed by atoms with Gasteiger partial charge in [0, 0.05) is 12.6 Å². The number of hydrogen-bond acceptors (Lipinski definition) is 1. The van der Waals surface area contributed by atoms with Gasteiger partial charge in [-0.2, -0.15) is 0 Å². The highest BCUT2D eigenvalue weighted by atomic mass is 19.1. The van der Waals surface area contributed by atoms with Gasteiger partial charge < -0.3 is 5.32 Å². The Morgan fingerprint density at radius 2 is 1.78 bits per heavy atom. The molecule has 0 saturated heterocycles. The minimum absolute atomic E-state index is 0.163. The molecule has 0 saturated carbocycles. The van der Waals surface area contributed by atoms with Crippen molar-refractivity contribution in [2.45, 2.75) is 53.0 Å². The summed E-state index contributed by atoms with van der Waals surface area (Å²) < 4.78 is 13.0. The average Bonchev–Trinajstić information content (AvgIpc) is 2.29. The molecule has 1 rings (SSSR count). The van der Waals surface area contributed by atoms with Gasteiger partial charge in [0.05, 0.1) is 0 Å². The Hall–Kier alpha value is -0.890. The molecular formula is C16H26FN. The van der Waals surface area contributed by atoms with Crippen LogP contribution in [0.1, 0.15) is 58.6 Å². The van der Waals surface area contributed by atoms with Crippen molar-refractivity contribution in [1.82, 2.24) is 5.32 Å². The SMILES string of the molecule is CCCCC(NCC(C)(C)C)c1ccc(F)cc1. The van der Waals surface area contributed by atoms with Crippen molar-refractivity contribution in [2.24, 2.45) is 5.41 Å². The molecule has 102 valence electrons. The Bertz CT molecular complexity index is 337. The van der Waals surface area contributed by atoms with Gasteiger partial charge in [0.2, 0.25) is 0 Å². The largest absolute Gasteiger partial charge is 0.309 e. The molecule has 1 aromatic carbocycles. The molecule has 0 radical (unpaired) electrons. The summed E-state index contributed by atoms with van der Waals surface area (Å²) >= 11 is 0. The summed E-state index contributed by atoms with van der Waals surface area (Å²) in [6.07, 6.45) is 3.49. The highest BCUT2D eigenvalue weighted by Gasteiger charge is 2.15. The maximum atomic E-state index is 13.0. The van der Waals surface area contributed by atoms with Crippen molar-refractivity contribution in [3.05, 3.63) is 35.6 Å². The number of hydrogen-bond donors (Lipinski definition) is 1. The van der Waals surface area contributed by atoms with E-state index >= 15 is 0 Å². The Morgan fingerprint density at radius 1 is 1.17 bits per heavy atom. The van der Waals surface area contributed by atoms with Crippen molar-refractivity contribution >= 4 is 0 Å². The van der Waals surface area contributed by atoms with E-state index in [2.05, 4.69) is 33.0 Å². The molecular weight excluding hydrogens is 225 g/mol. The summed E-state index contributed by atoms with van der Waals surface area (Å²) in [6, 6.07) is 7.22. The van der Waals surface area contributed by atoms with E-state index in [-0.39, 0.29) is 11.2 Å². The molecule has 0 heterocycles. The summed E-state index contributed by atoms with van der Waals surface area (Å²) in [7, 11) is 0. The predicted octanol–water partition coefficient (Wildman–Crippen LogP) is 4.69. The molecule has 0 aromatic heterocycles. The van der Waals surface area contributed by atoms with E-state index in [1.807, 2.05) is 12.1 Å². The van der Waals surface area contributed by atoms with E-state index < -0.39 is 0 Å². The first-order valence-electron chi connectivity index (χ1n) is 6.91. The third kappa shape index (κ3) is 5.63. The van der Waals surface area contributed by atoms with Crippen molar-refractivity contribution in [3.63, 3.8) is 0 Å². The number of halogens is 1. The van der Waals surface area contributed by atoms with Gasteiger partial charge in [-0.3, -0.25) is 0 Å². The van der Waals surface area contributed by atoms with Crippen LogP contribution in [0.3, 0.4) is 0 Å². The zero-order valence-corrected chi connectivity index (χ0v) is 12.1. The van der Waals surface area contributed by atoms with Gasteiger partial charge in [0.15, 0.2) is 0 Å². The van der Waals surface area contributed by atoms with Crippen LogP contribution in [0.5, 0.6) is 0 Å². The van der Waals surface area contributed by atoms with E-state index in [1.54, 1.807) is 12.1 Å². The Kier molecular flexibility index (Phi) is 5.80. The van der Waals surface area contributed by atoms with Crippen LogP contribution >= 0.6 is 0 Å². The Morgan fingerprint density at radius 3 is 2.28 bits per heavy atom. The number of unbranched alkanes of at least 4 members (excludes halogenated alkanes) is 1. The molecule has 0 amide bonds. The highest BCUT2D eigenvalue weighted by Crippen LogP contribution is 2.22. The maximum absolute atomic E-state index is 13.0.